The third kappa shape index (κ3) is 2.18. The SMILES string of the molecule is N#Cc1ccc(N=C(N)NN)c(F)c1. The number of nitrogens with zero attached hydrogens (tertiary/aromatic N) is 2. The summed E-state index contributed by atoms with van der Waals surface area (Å²) in [6.45, 7) is 0. The van der Waals surface area contributed by atoms with E-state index in [1.807, 2.05) is 0 Å². The number of rotatable bonds is 1. The number of halogens is 1. The van der Waals surface area contributed by atoms with Crippen molar-refractivity contribution in [3.8, 4) is 6.07 Å². The van der Waals surface area contributed by atoms with Crippen LogP contribution in [0.25, 0.3) is 0 Å². The first-order valence-corrected chi connectivity index (χ1v) is 3.68. The first-order chi connectivity index (χ1) is 6.67. The summed E-state index contributed by atoms with van der Waals surface area (Å²) < 4.78 is 13.2. The molecule has 6 heteroatoms. The van der Waals surface area contributed by atoms with Gasteiger partial charge in [0.1, 0.15) is 11.5 Å². The zero-order valence-electron chi connectivity index (χ0n) is 7.16. The number of nitrogens with one attached hydrogen (secondary N) is 1. The normalized spacial score (nSPS) is 10.8. The summed E-state index contributed by atoms with van der Waals surface area (Å²) in [6, 6.07) is 5.66. The molecule has 0 fully saturated rings. The molecular weight excluding hydrogens is 185 g/mol. The molecule has 0 saturated heterocycles. The Morgan fingerprint density at radius 3 is 2.79 bits per heavy atom. The molecule has 0 aliphatic rings. The van der Waals surface area contributed by atoms with E-state index >= 15 is 0 Å². The average Bonchev–Trinajstić information content (AvgIpc) is 2.20. The first kappa shape index (κ1) is 9.95. The minimum Gasteiger partial charge on any atom is -0.369 e. The number of hydrogen-bond donors (Lipinski definition) is 3. The summed E-state index contributed by atoms with van der Waals surface area (Å²) >= 11 is 0. The van der Waals surface area contributed by atoms with Gasteiger partial charge in [0.05, 0.1) is 11.6 Å². The van der Waals surface area contributed by atoms with Crippen molar-refractivity contribution in [2.24, 2.45) is 16.6 Å². The highest BCUT2D eigenvalue weighted by Gasteiger charge is 2.02. The maximum Gasteiger partial charge on any atom is 0.208 e. The molecule has 0 heterocycles. The summed E-state index contributed by atoms with van der Waals surface area (Å²) in [5.74, 6) is 4.22. The van der Waals surface area contributed by atoms with Crippen molar-refractivity contribution in [2.45, 2.75) is 0 Å². The molecular formula is C8H8FN5. The molecule has 0 radical (unpaired) electrons. The Kier molecular flexibility index (Phi) is 2.99. The minimum absolute atomic E-state index is 0.0273. The van der Waals surface area contributed by atoms with E-state index in [0.717, 1.165) is 6.07 Å². The highest BCUT2D eigenvalue weighted by molar-refractivity contribution is 5.80. The van der Waals surface area contributed by atoms with Crippen molar-refractivity contribution in [2.75, 3.05) is 0 Å². The lowest BCUT2D eigenvalue weighted by Gasteiger charge is -1.99. The molecule has 0 bridgehead atoms. The minimum atomic E-state index is -0.623. The number of aliphatic imine (C=N–C) groups is 1. The molecule has 0 aliphatic heterocycles. The number of benzene rings is 1. The number of nitrogens with two attached hydrogens (primary N) is 2. The van der Waals surface area contributed by atoms with Gasteiger partial charge in [-0.25, -0.2) is 15.2 Å². The molecule has 1 aromatic carbocycles. The van der Waals surface area contributed by atoms with E-state index in [-0.39, 0.29) is 17.2 Å². The van der Waals surface area contributed by atoms with Gasteiger partial charge in [-0.15, -0.1) is 0 Å². The van der Waals surface area contributed by atoms with Crippen LogP contribution < -0.4 is 17.0 Å². The molecule has 72 valence electrons. The van der Waals surface area contributed by atoms with Crippen molar-refractivity contribution in [1.82, 2.24) is 5.43 Å². The highest BCUT2D eigenvalue weighted by atomic mass is 19.1. The van der Waals surface area contributed by atoms with Crippen molar-refractivity contribution in [3.63, 3.8) is 0 Å². The van der Waals surface area contributed by atoms with Crippen LogP contribution in [0.4, 0.5) is 10.1 Å². The van der Waals surface area contributed by atoms with E-state index in [4.69, 9.17) is 16.8 Å². The third-order valence-corrected chi connectivity index (χ3v) is 1.47. The van der Waals surface area contributed by atoms with E-state index in [1.54, 1.807) is 6.07 Å². The fourth-order valence-electron chi connectivity index (χ4n) is 0.829. The van der Waals surface area contributed by atoms with Gasteiger partial charge in [0.25, 0.3) is 0 Å². The smallest absolute Gasteiger partial charge is 0.208 e. The van der Waals surface area contributed by atoms with Crippen molar-refractivity contribution >= 4 is 11.6 Å². The zero-order chi connectivity index (χ0) is 10.6. The van der Waals surface area contributed by atoms with Gasteiger partial charge in [0, 0.05) is 0 Å². The van der Waals surface area contributed by atoms with Crippen LogP contribution in [-0.4, -0.2) is 5.96 Å². The predicted molar refractivity (Wildman–Crippen MR) is 49.7 cm³/mol. The van der Waals surface area contributed by atoms with Crippen LogP contribution in [0.3, 0.4) is 0 Å². The second-order valence-electron chi connectivity index (χ2n) is 2.42. The summed E-state index contributed by atoms with van der Waals surface area (Å²) in [4.78, 5) is 3.63. The quantitative estimate of drug-likeness (QED) is 0.255. The number of hydrogen-bond acceptors (Lipinski definition) is 3. The van der Waals surface area contributed by atoms with Crippen LogP contribution in [0, 0.1) is 17.1 Å². The molecule has 14 heavy (non-hydrogen) atoms. The number of hydrazine groups is 1. The van der Waals surface area contributed by atoms with Gasteiger partial charge in [-0.05, 0) is 18.2 Å². The summed E-state index contributed by atoms with van der Waals surface area (Å²) in [5.41, 5.74) is 7.54. The fraction of sp³-hybridized carbons (Fsp3) is 0. The Hall–Kier alpha value is -2.13. The molecule has 1 aromatic rings. The summed E-state index contributed by atoms with van der Waals surface area (Å²) in [5, 5.41) is 8.47. The predicted octanol–water partition coefficient (Wildman–Crippen LogP) is 0.107. The Balaban J connectivity index is 3.08. The van der Waals surface area contributed by atoms with Gasteiger partial charge in [-0.3, -0.25) is 5.43 Å². The Bertz CT molecular complexity index is 407. The van der Waals surface area contributed by atoms with Crippen molar-refractivity contribution < 1.29 is 4.39 Å². The van der Waals surface area contributed by atoms with Crippen LogP contribution >= 0.6 is 0 Å². The summed E-state index contributed by atoms with van der Waals surface area (Å²) in [6.07, 6.45) is 0. The molecule has 0 amide bonds. The van der Waals surface area contributed by atoms with Crippen molar-refractivity contribution in [3.05, 3.63) is 29.6 Å². The molecule has 0 saturated carbocycles. The number of nitriles is 1. The van der Waals surface area contributed by atoms with Gasteiger partial charge in [-0.1, -0.05) is 0 Å². The average molecular weight is 193 g/mol. The van der Waals surface area contributed by atoms with E-state index in [1.165, 1.54) is 12.1 Å². The molecule has 5 nitrogen and oxygen atoms in total. The monoisotopic (exact) mass is 193 g/mol. The topological polar surface area (TPSA) is 100 Å². The lowest BCUT2D eigenvalue weighted by molar-refractivity contribution is 0.629. The standard InChI is InChI=1S/C8H8FN5/c9-6-3-5(4-10)1-2-7(6)13-8(11)14-12/h1-3H,12H2,(H3,11,13,14). The first-order valence-electron chi connectivity index (χ1n) is 3.68. The maximum atomic E-state index is 13.2. The molecule has 1 rings (SSSR count). The molecule has 5 N–H and O–H groups in total. The van der Waals surface area contributed by atoms with Gasteiger partial charge in [-0.2, -0.15) is 5.26 Å². The van der Waals surface area contributed by atoms with E-state index < -0.39 is 5.82 Å². The molecule has 0 unspecified atom stereocenters. The zero-order valence-corrected chi connectivity index (χ0v) is 7.16. The molecule has 0 atom stereocenters. The lowest BCUT2D eigenvalue weighted by Crippen LogP contribution is -2.36. The molecule has 0 aliphatic carbocycles. The van der Waals surface area contributed by atoms with Crippen molar-refractivity contribution in [1.29, 1.82) is 5.26 Å². The fourth-order valence-corrected chi connectivity index (χ4v) is 0.829. The highest BCUT2D eigenvalue weighted by Crippen LogP contribution is 2.18. The maximum absolute atomic E-state index is 13.2. The van der Waals surface area contributed by atoms with E-state index in [0.29, 0.717) is 0 Å². The molecule has 0 aromatic heterocycles. The lowest BCUT2D eigenvalue weighted by atomic mass is 10.2. The molecule has 0 spiro atoms. The van der Waals surface area contributed by atoms with Crippen LogP contribution in [-0.2, 0) is 0 Å². The van der Waals surface area contributed by atoms with Crippen LogP contribution in [0.5, 0.6) is 0 Å². The van der Waals surface area contributed by atoms with Crippen LogP contribution in [0.2, 0.25) is 0 Å². The second kappa shape index (κ2) is 4.20. The van der Waals surface area contributed by atoms with Gasteiger partial charge in [0.2, 0.25) is 5.96 Å². The van der Waals surface area contributed by atoms with Crippen LogP contribution in [0.15, 0.2) is 23.2 Å². The number of guanidine groups is 1. The van der Waals surface area contributed by atoms with E-state index in [2.05, 4.69) is 10.4 Å². The second-order valence-corrected chi connectivity index (χ2v) is 2.42. The summed E-state index contributed by atoms with van der Waals surface area (Å²) in [7, 11) is 0. The van der Waals surface area contributed by atoms with Crippen LogP contribution in [0.1, 0.15) is 5.56 Å². The van der Waals surface area contributed by atoms with E-state index in [9.17, 15) is 4.39 Å². The van der Waals surface area contributed by atoms with Gasteiger partial charge in [0.15, 0.2) is 0 Å². The van der Waals surface area contributed by atoms with Gasteiger partial charge >= 0.3 is 0 Å². The third-order valence-electron chi connectivity index (χ3n) is 1.47. The Morgan fingerprint density at radius 2 is 2.29 bits per heavy atom. The largest absolute Gasteiger partial charge is 0.369 e. The Labute approximate surface area is 79.8 Å². The Morgan fingerprint density at radius 1 is 1.57 bits per heavy atom. The van der Waals surface area contributed by atoms with Gasteiger partial charge < -0.3 is 5.73 Å².